The summed E-state index contributed by atoms with van der Waals surface area (Å²) in [4.78, 5) is 19.7. The maximum atomic E-state index is 13.3. The van der Waals surface area contributed by atoms with Gasteiger partial charge in [-0.2, -0.15) is 4.31 Å². The van der Waals surface area contributed by atoms with Gasteiger partial charge in [0.25, 0.3) is 0 Å². The lowest BCUT2D eigenvalue weighted by atomic mass is 10.0. The van der Waals surface area contributed by atoms with Gasteiger partial charge in [0.1, 0.15) is 0 Å². The molecule has 2 heterocycles. The van der Waals surface area contributed by atoms with Crippen molar-refractivity contribution in [2.24, 2.45) is 0 Å². The van der Waals surface area contributed by atoms with E-state index in [1.54, 1.807) is 17.3 Å². The van der Waals surface area contributed by atoms with E-state index < -0.39 is 10.0 Å². The maximum absolute atomic E-state index is 13.3. The van der Waals surface area contributed by atoms with Crippen LogP contribution in [0.25, 0.3) is 0 Å². The fourth-order valence-corrected chi connectivity index (χ4v) is 6.33. The molecular weight excluding hydrogens is 406 g/mol. The highest BCUT2D eigenvalue weighted by atomic mass is 32.2. The Morgan fingerprint density at radius 2 is 1.55 bits per heavy atom. The van der Waals surface area contributed by atoms with E-state index in [0.717, 1.165) is 27.1 Å². The van der Waals surface area contributed by atoms with E-state index in [-0.39, 0.29) is 5.91 Å². The van der Waals surface area contributed by atoms with Crippen molar-refractivity contribution in [1.82, 2.24) is 14.2 Å². The Labute approximate surface area is 177 Å². The zero-order valence-electron chi connectivity index (χ0n) is 17.3. The molecule has 1 amide bonds. The molecule has 6 nitrogen and oxygen atoms in total. The Balaban J connectivity index is 1.67. The van der Waals surface area contributed by atoms with Crippen LogP contribution in [0, 0.1) is 27.7 Å². The predicted octanol–water partition coefficient (Wildman–Crippen LogP) is 2.94. The molecule has 1 aliphatic rings. The number of amides is 1. The Morgan fingerprint density at radius 1 is 1.00 bits per heavy atom. The van der Waals surface area contributed by atoms with Crippen molar-refractivity contribution in [3.8, 4) is 0 Å². The molecule has 2 aromatic rings. The number of rotatable bonds is 5. The van der Waals surface area contributed by atoms with Crippen LogP contribution in [-0.2, 0) is 14.8 Å². The van der Waals surface area contributed by atoms with Gasteiger partial charge in [-0.1, -0.05) is 6.07 Å². The molecule has 0 atom stereocenters. The first-order valence-corrected chi connectivity index (χ1v) is 12.0. The maximum Gasteiger partial charge on any atom is 0.243 e. The first kappa shape index (κ1) is 21.8. The highest BCUT2D eigenvalue weighted by Crippen LogP contribution is 2.29. The van der Waals surface area contributed by atoms with Gasteiger partial charge in [0, 0.05) is 43.5 Å². The lowest BCUT2D eigenvalue weighted by Crippen LogP contribution is -2.51. The summed E-state index contributed by atoms with van der Waals surface area (Å²) in [5, 5.41) is 0. The minimum absolute atomic E-state index is 0.0302. The number of pyridine rings is 1. The number of benzene rings is 1. The fourth-order valence-electron chi connectivity index (χ4n) is 3.55. The van der Waals surface area contributed by atoms with E-state index in [9.17, 15) is 13.2 Å². The molecule has 0 N–H and O–H groups in total. The largest absolute Gasteiger partial charge is 0.339 e. The minimum Gasteiger partial charge on any atom is -0.339 e. The molecule has 1 saturated heterocycles. The van der Waals surface area contributed by atoms with Crippen LogP contribution in [0.3, 0.4) is 0 Å². The van der Waals surface area contributed by atoms with Gasteiger partial charge in [-0.3, -0.25) is 9.78 Å². The summed E-state index contributed by atoms with van der Waals surface area (Å²) >= 11 is 1.47. The lowest BCUT2D eigenvalue weighted by Gasteiger charge is -2.34. The van der Waals surface area contributed by atoms with Crippen LogP contribution in [0.1, 0.15) is 22.3 Å². The quantitative estimate of drug-likeness (QED) is 0.678. The molecule has 8 heteroatoms. The van der Waals surface area contributed by atoms with Crippen molar-refractivity contribution in [2.75, 3.05) is 31.9 Å². The molecule has 1 aromatic heterocycles. The van der Waals surface area contributed by atoms with Gasteiger partial charge in [0.2, 0.25) is 15.9 Å². The third-order valence-electron chi connectivity index (χ3n) is 5.50. The van der Waals surface area contributed by atoms with Crippen molar-refractivity contribution in [1.29, 1.82) is 0 Å². The summed E-state index contributed by atoms with van der Waals surface area (Å²) in [6, 6.07) is 5.77. The number of sulfonamides is 1. The SMILES string of the molecule is Cc1cc(C)c(C)c(S(=O)(=O)N2CCN(C(=O)CSc3ccncc3)CC2)c1C. The standard InChI is InChI=1S/C21H27N3O3S2/c1-15-13-16(2)18(4)21(17(15)3)29(26,27)24-11-9-23(10-12-24)20(25)14-28-19-5-7-22-8-6-19/h5-8,13H,9-12,14H2,1-4H3. The highest BCUT2D eigenvalue weighted by Gasteiger charge is 2.32. The van der Waals surface area contributed by atoms with E-state index in [0.29, 0.717) is 36.8 Å². The highest BCUT2D eigenvalue weighted by molar-refractivity contribution is 8.00. The third kappa shape index (κ3) is 4.65. The van der Waals surface area contributed by atoms with Crippen molar-refractivity contribution < 1.29 is 13.2 Å². The van der Waals surface area contributed by atoms with Gasteiger partial charge in [0.15, 0.2) is 0 Å². The van der Waals surface area contributed by atoms with Crippen LogP contribution < -0.4 is 0 Å². The summed E-state index contributed by atoms with van der Waals surface area (Å²) in [6.07, 6.45) is 3.40. The van der Waals surface area contributed by atoms with E-state index in [4.69, 9.17) is 0 Å². The van der Waals surface area contributed by atoms with Gasteiger partial charge in [-0.15, -0.1) is 11.8 Å². The zero-order chi connectivity index (χ0) is 21.2. The van der Waals surface area contributed by atoms with Crippen LogP contribution in [0.5, 0.6) is 0 Å². The van der Waals surface area contributed by atoms with Crippen LogP contribution in [0.15, 0.2) is 40.4 Å². The number of carbonyl (C=O) groups is 1. The number of aryl methyl sites for hydroxylation is 2. The summed E-state index contributed by atoms with van der Waals surface area (Å²) in [7, 11) is -3.59. The van der Waals surface area contributed by atoms with Crippen molar-refractivity contribution in [2.45, 2.75) is 37.5 Å². The number of piperazine rings is 1. The molecule has 1 aromatic carbocycles. The van der Waals surface area contributed by atoms with Crippen molar-refractivity contribution in [3.63, 3.8) is 0 Å². The number of nitrogens with zero attached hydrogens (tertiary/aromatic N) is 3. The monoisotopic (exact) mass is 433 g/mol. The van der Waals surface area contributed by atoms with Gasteiger partial charge < -0.3 is 4.90 Å². The molecule has 0 unspecified atom stereocenters. The first-order chi connectivity index (χ1) is 13.7. The van der Waals surface area contributed by atoms with Crippen LogP contribution in [0.2, 0.25) is 0 Å². The average Bonchev–Trinajstić information content (AvgIpc) is 2.71. The third-order valence-corrected chi connectivity index (χ3v) is 8.67. The predicted molar refractivity (Wildman–Crippen MR) is 116 cm³/mol. The van der Waals surface area contributed by atoms with E-state index in [2.05, 4.69) is 4.98 Å². The fraction of sp³-hybridized carbons (Fsp3) is 0.429. The molecule has 156 valence electrons. The Hall–Kier alpha value is -1.90. The van der Waals surface area contributed by atoms with Crippen LogP contribution in [-0.4, -0.2) is 60.4 Å². The van der Waals surface area contributed by atoms with E-state index in [1.807, 2.05) is 45.9 Å². The van der Waals surface area contributed by atoms with Crippen LogP contribution in [0.4, 0.5) is 0 Å². The van der Waals surface area contributed by atoms with Crippen LogP contribution >= 0.6 is 11.8 Å². The lowest BCUT2D eigenvalue weighted by molar-refractivity contribution is -0.129. The molecule has 0 bridgehead atoms. The van der Waals surface area contributed by atoms with Gasteiger partial charge in [0.05, 0.1) is 10.6 Å². The molecular formula is C21H27N3O3S2. The van der Waals surface area contributed by atoms with E-state index in [1.165, 1.54) is 16.1 Å². The second kappa shape index (κ2) is 8.85. The average molecular weight is 434 g/mol. The van der Waals surface area contributed by atoms with Gasteiger partial charge in [-0.05, 0) is 62.1 Å². The number of hydrogen-bond donors (Lipinski definition) is 0. The second-order valence-corrected chi connectivity index (χ2v) is 10.3. The van der Waals surface area contributed by atoms with Gasteiger partial charge in [-0.25, -0.2) is 8.42 Å². The Kier molecular flexibility index (Phi) is 6.65. The smallest absolute Gasteiger partial charge is 0.243 e. The zero-order valence-corrected chi connectivity index (χ0v) is 18.9. The number of aromatic nitrogens is 1. The number of thioether (sulfide) groups is 1. The summed E-state index contributed by atoms with van der Waals surface area (Å²) in [6.45, 7) is 9.08. The summed E-state index contributed by atoms with van der Waals surface area (Å²) in [5.74, 6) is 0.370. The summed E-state index contributed by atoms with van der Waals surface area (Å²) in [5.41, 5.74) is 3.57. The summed E-state index contributed by atoms with van der Waals surface area (Å²) < 4.78 is 28.2. The second-order valence-electron chi connectivity index (χ2n) is 7.35. The molecule has 1 fully saturated rings. The number of hydrogen-bond acceptors (Lipinski definition) is 5. The molecule has 0 aliphatic carbocycles. The number of carbonyl (C=O) groups excluding carboxylic acids is 1. The molecule has 3 rings (SSSR count). The van der Waals surface area contributed by atoms with Gasteiger partial charge >= 0.3 is 0 Å². The molecule has 0 saturated carbocycles. The molecule has 29 heavy (non-hydrogen) atoms. The molecule has 0 spiro atoms. The van der Waals surface area contributed by atoms with Crippen molar-refractivity contribution >= 4 is 27.7 Å². The normalized spacial score (nSPS) is 15.5. The van der Waals surface area contributed by atoms with Crippen molar-refractivity contribution in [3.05, 3.63) is 52.8 Å². The Morgan fingerprint density at radius 3 is 2.10 bits per heavy atom. The minimum atomic E-state index is -3.59. The first-order valence-electron chi connectivity index (χ1n) is 9.60. The molecule has 1 aliphatic heterocycles. The molecule has 0 radical (unpaired) electrons. The Bertz CT molecular complexity index is 973. The topological polar surface area (TPSA) is 70.6 Å². The van der Waals surface area contributed by atoms with E-state index >= 15 is 0 Å².